The fourth-order valence-electron chi connectivity index (χ4n) is 2.98. The van der Waals surface area contributed by atoms with E-state index < -0.39 is 0 Å². The molecule has 1 aliphatic rings. The van der Waals surface area contributed by atoms with Gasteiger partial charge < -0.3 is 15.3 Å². The van der Waals surface area contributed by atoms with Crippen molar-refractivity contribution in [2.24, 2.45) is 5.92 Å². The van der Waals surface area contributed by atoms with Crippen molar-refractivity contribution < 1.29 is 0 Å². The fraction of sp³-hybridized carbons (Fsp3) is 0.158. The normalized spacial score (nSPS) is 15.1. The largest absolute Gasteiger partial charge is 0.358 e. The second-order valence-electron chi connectivity index (χ2n) is 6.53. The Kier molecular flexibility index (Phi) is 3.65. The minimum Gasteiger partial charge on any atom is -0.358 e. The summed E-state index contributed by atoms with van der Waals surface area (Å²) in [6.45, 7) is 0. The van der Waals surface area contributed by atoms with Crippen LogP contribution in [0, 0.1) is 5.92 Å². The summed E-state index contributed by atoms with van der Waals surface area (Å²) in [4.78, 5) is 15.4. The lowest BCUT2D eigenvalue weighted by Gasteiger charge is -2.00. The first-order valence-electron chi connectivity index (χ1n) is 8.44. The molecule has 130 valence electrons. The molecular formula is C19H15Cl2N5. The minimum absolute atomic E-state index is 0.450. The average molecular weight is 384 g/mol. The second-order valence-corrected chi connectivity index (χ2v) is 7.32. The highest BCUT2D eigenvalue weighted by Crippen LogP contribution is 2.35. The number of aromatic nitrogens is 4. The molecule has 0 bridgehead atoms. The molecule has 3 heterocycles. The van der Waals surface area contributed by atoms with Crippen molar-refractivity contribution in [3.63, 3.8) is 0 Å². The van der Waals surface area contributed by atoms with Gasteiger partial charge in [-0.25, -0.2) is 9.97 Å². The maximum atomic E-state index is 6.43. The summed E-state index contributed by atoms with van der Waals surface area (Å²) in [5, 5.41) is 4.52. The molecule has 26 heavy (non-hydrogen) atoms. The summed E-state index contributed by atoms with van der Waals surface area (Å²) in [5.41, 5.74) is 5.30. The number of hydrogen-bond donors (Lipinski definition) is 3. The first-order valence-corrected chi connectivity index (χ1v) is 9.19. The molecular weight excluding hydrogens is 369 g/mol. The van der Waals surface area contributed by atoms with Gasteiger partial charge in [0.1, 0.15) is 10.7 Å². The summed E-state index contributed by atoms with van der Waals surface area (Å²) >= 11 is 12.4. The number of pyridine rings is 1. The van der Waals surface area contributed by atoms with Crippen molar-refractivity contribution in [2.45, 2.75) is 12.8 Å². The second kappa shape index (κ2) is 6.04. The predicted molar refractivity (Wildman–Crippen MR) is 107 cm³/mol. The molecule has 0 atom stereocenters. The third-order valence-corrected chi connectivity index (χ3v) is 5.06. The Morgan fingerprint density at radius 3 is 2.88 bits per heavy atom. The highest BCUT2D eigenvalue weighted by molar-refractivity contribution is 6.48. The Balaban J connectivity index is 1.48. The Labute approximate surface area is 159 Å². The number of nitrogens with zero attached hydrogens (tertiary/aromatic N) is 2. The number of imidazole rings is 1. The van der Waals surface area contributed by atoms with Crippen molar-refractivity contribution in [1.82, 2.24) is 19.9 Å². The van der Waals surface area contributed by atoms with E-state index in [1.807, 2.05) is 30.5 Å². The minimum atomic E-state index is 0.450. The fourth-order valence-corrected chi connectivity index (χ4v) is 3.42. The maximum Gasteiger partial charge on any atom is 0.205 e. The Hall–Kier alpha value is -2.50. The molecule has 1 aromatic carbocycles. The molecule has 0 aliphatic heterocycles. The lowest BCUT2D eigenvalue weighted by atomic mass is 10.1. The third-order valence-electron chi connectivity index (χ3n) is 4.50. The van der Waals surface area contributed by atoms with Crippen molar-refractivity contribution in [3.05, 3.63) is 53.3 Å². The summed E-state index contributed by atoms with van der Waals surface area (Å²) in [5.74, 6) is 1.28. The molecule has 0 saturated heterocycles. The van der Waals surface area contributed by atoms with Crippen LogP contribution in [0.4, 0.5) is 11.6 Å². The van der Waals surface area contributed by atoms with Crippen LogP contribution in [-0.4, -0.2) is 19.9 Å². The monoisotopic (exact) mass is 383 g/mol. The van der Waals surface area contributed by atoms with E-state index in [-0.39, 0.29) is 0 Å². The molecule has 4 aromatic rings. The topological polar surface area (TPSA) is 69.4 Å². The van der Waals surface area contributed by atoms with Crippen LogP contribution >= 0.6 is 23.2 Å². The lowest BCUT2D eigenvalue weighted by molar-refractivity contribution is 1.13. The Morgan fingerprint density at radius 2 is 2.04 bits per heavy atom. The van der Waals surface area contributed by atoms with Crippen LogP contribution in [0.25, 0.3) is 27.1 Å². The maximum absolute atomic E-state index is 6.43. The highest BCUT2D eigenvalue weighted by atomic mass is 35.5. The number of nitrogens with one attached hydrogen (secondary N) is 3. The van der Waals surface area contributed by atoms with Crippen LogP contribution in [0.15, 0.2) is 42.6 Å². The number of halogens is 2. The first-order chi connectivity index (χ1) is 12.7. The number of fused-ring (bicyclic) bond motifs is 2. The summed E-state index contributed by atoms with van der Waals surface area (Å²) < 4.78 is 0. The van der Waals surface area contributed by atoms with Crippen LogP contribution in [0.1, 0.15) is 18.4 Å². The molecule has 0 amide bonds. The van der Waals surface area contributed by atoms with E-state index in [2.05, 4.69) is 31.3 Å². The molecule has 1 aliphatic carbocycles. The van der Waals surface area contributed by atoms with Crippen molar-refractivity contribution in [2.75, 3.05) is 5.32 Å². The molecule has 0 spiro atoms. The van der Waals surface area contributed by atoms with Gasteiger partial charge in [-0.15, -0.1) is 0 Å². The number of H-pyrrole nitrogens is 2. The molecule has 3 aromatic heterocycles. The number of benzene rings is 1. The van der Waals surface area contributed by atoms with Gasteiger partial charge in [0.05, 0.1) is 22.2 Å². The van der Waals surface area contributed by atoms with Gasteiger partial charge in [-0.3, -0.25) is 0 Å². The van der Waals surface area contributed by atoms with Gasteiger partial charge in [0.2, 0.25) is 5.95 Å². The van der Waals surface area contributed by atoms with Gasteiger partial charge in [0, 0.05) is 11.2 Å². The van der Waals surface area contributed by atoms with Crippen LogP contribution < -0.4 is 5.32 Å². The molecule has 3 N–H and O–H groups in total. The highest BCUT2D eigenvalue weighted by Gasteiger charge is 2.19. The van der Waals surface area contributed by atoms with E-state index in [1.165, 1.54) is 12.8 Å². The summed E-state index contributed by atoms with van der Waals surface area (Å²) in [6, 6.07) is 9.65. The number of allylic oxidation sites excluding steroid dienone is 1. The quantitative estimate of drug-likeness (QED) is 0.388. The molecule has 1 saturated carbocycles. The molecule has 7 heteroatoms. The van der Waals surface area contributed by atoms with Crippen LogP contribution in [-0.2, 0) is 0 Å². The van der Waals surface area contributed by atoms with Gasteiger partial charge in [0.25, 0.3) is 0 Å². The van der Waals surface area contributed by atoms with Crippen LogP contribution in [0.2, 0.25) is 5.15 Å². The van der Waals surface area contributed by atoms with E-state index in [4.69, 9.17) is 23.2 Å². The van der Waals surface area contributed by atoms with Crippen LogP contribution in [0.5, 0.6) is 0 Å². The van der Waals surface area contributed by atoms with E-state index >= 15 is 0 Å². The predicted octanol–water partition coefficient (Wildman–Crippen LogP) is 5.83. The molecule has 0 radical (unpaired) electrons. The molecule has 5 rings (SSSR count). The van der Waals surface area contributed by atoms with Gasteiger partial charge in [-0.05, 0) is 48.6 Å². The van der Waals surface area contributed by atoms with Gasteiger partial charge >= 0.3 is 0 Å². The van der Waals surface area contributed by atoms with Crippen LogP contribution in [0.3, 0.4) is 0 Å². The van der Waals surface area contributed by atoms with Crippen molar-refractivity contribution >= 4 is 61.9 Å². The zero-order valence-electron chi connectivity index (χ0n) is 13.7. The Bertz CT molecular complexity index is 1150. The average Bonchev–Trinajstić information content (AvgIpc) is 3.22. The number of rotatable bonds is 4. The Morgan fingerprint density at radius 1 is 1.15 bits per heavy atom. The van der Waals surface area contributed by atoms with Gasteiger partial charge in [-0.2, -0.15) is 0 Å². The first kappa shape index (κ1) is 15.7. The van der Waals surface area contributed by atoms with E-state index in [0.717, 1.165) is 38.3 Å². The molecule has 1 fully saturated rings. The van der Waals surface area contributed by atoms with Gasteiger partial charge in [-0.1, -0.05) is 35.3 Å². The van der Waals surface area contributed by atoms with Gasteiger partial charge in [0.15, 0.2) is 0 Å². The van der Waals surface area contributed by atoms with E-state index in [0.29, 0.717) is 17.0 Å². The smallest absolute Gasteiger partial charge is 0.205 e. The number of aromatic amines is 2. The zero-order chi connectivity index (χ0) is 17.7. The summed E-state index contributed by atoms with van der Waals surface area (Å²) in [6.07, 6.45) is 6.46. The number of anilines is 2. The van der Waals surface area contributed by atoms with E-state index in [9.17, 15) is 0 Å². The zero-order valence-corrected chi connectivity index (χ0v) is 15.2. The van der Waals surface area contributed by atoms with E-state index in [1.54, 1.807) is 6.07 Å². The lowest BCUT2D eigenvalue weighted by Crippen LogP contribution is -1.91. The molecule has 5 nitrogen and oxygen atoms in total. The third kappa shape index (κ3) is 2.93. The van der Waals surface area contributed by atoms with Crippen molar-refractivity contribution in [3.8, 4) is 0 Å². The van der Waals surface area contributed by atoms with Crippen molar-refractivity contribution in [1.29, 1.82) is 0 Å². The number of hydrogen-bond acceptors (Lipinski definition) is 3. The molecule has 0 unspecified atom stereocenters. The summed E-state index contributed by atoms with van der Waals surface area (Å²) in [7, 11) is 0. The standard InChI is InChI=1S/C19H15Cl2N5/c20-12(7-10-1-2-10)11-3-4-13-15(8-11)24-19(23-13)25-16-9-22-14-5-6-17(21)26-18(14)16/h3-10,22H,1-2H2,(H2,23,24,25). The SMILES string of the molecule is ClC(=CC1CC1)c1ccc2nc(Nc3c[nH]c4ccc(Cl)nc34)[nH]c2c1.